The Hall–Kier alpha value is -1.28. The van der Waals surface area contributed by atoms with Crippen molar-refractivity contribution in [1.82, 2.24) is 10.6 Å². The summed E-state index contributed by atoms with van der Waals surface area (Å²) >= 11 is 1.09. The van der Waals surface area contributed by atoms with Crippen molar-refractivity contribution in [1.29, 1.82) is 0 Å². The lowest BCUT2D eigenvalue weighted by molar-refractivity contribution is -0.138. The first-order chi connectivity index (χ1) is 9.49. The fourth-order valence-corrected chi connectivity index (χ4v) is 2.75. The van der Waals surface area contributed by atoms with E-state index >= 15 is 0 Å². The maximum atomic E-state index is 11.6. The van der Waals surface area contributed by atoms with Crippen LogP contribution >= 0.6 is 11.8 Å². The van der Waals surface area contributed by atoms with E-state index in [1.165, 1.54) is 6.42 Å². The van der Waals surface area contributed by atoms with Crippen molar-refractivity contribution in [3.05, 3.63) is 0 Å². The van der Waals surface area contributed by atoms with Gasteiger partial charge in [0.05, 0.1) is 5.75 Å². The molecule has 0 saturated heterocycles. The van der Waals surface area contributed by atoms with Gasteiger partial charge in [-0.2, -0.15) is 0 Å². The molecule has 1 atom stereocenters. The van der Waals surface area contributed by atoms with Gasteiger partial charge in [0.15, 0.2) is 0 Å². The van der Waals surface area contributed by atoms with E-state index in [1.54, 1.807) is 0 Å². The van der Waals surface area contributed by atoms with Crippen LogP contribution in [0.2, 0.25) is 0 Å². The normalized spacial score (nSPS) is 17.2. The summed E-state index contributed by atoms with van der Waals surface area (Å²) in [4.78, 5) is 33.5. The molecule has 0 aromatic carbocycles. The number of carbonyl (C=O) groups excluding carboxylic acids is 2. The number of rotatable bonds is 6. The molecule has 0 heterocycles. The molecule has 0 aromatic heterocycles. The molecule has 1 fully saturated rings. The van der Waals surface area contributed by atoms with E-state index in [4.69, 9.17) is 10.8 Å². The molecule has 20 heavy (non-hydrogen) atoms. The summed E-state index contributed by atoms with van der Waals surface area (Å²) in [7, 11) is 0. The van der Waals surface area contributed by atoms with Crippen LogP contribution in [-0.2, 0) is 9.59 Å². The van der Waals surface area contributed by atoms with Gasteiger partial charge in [0.1, 0.15) is 6.04 Å². The predicted molar refractivity (Wildman–Crippen MR) is 76.5 cm³/mol. The third-order valence-electron chi connectivity index (χ3n) is 3.04. The zero-order valence-corrected chi connectivity index (χ0v) is 12.1. The first-order valence-electron chi connectivity index (χ1n) is 6.65. The number of amides is 3. The zero-order chi connectivity index (χ0) is 15.0. The Balaban J connectivity index is 2.14. The summed E-state index contributed by atoms with van der Waals surface area (Å²) in [5.41, 5.74) is 5.30. The number of carbonyl (C=O) groups is 3. The number of carboxylic acid groups (broad SMARTS) is 1. The number of hydrogen-bond acceptors (Lipinski definition) is 5. The summed E-state index contributed by atoms with van der Waals surface area (Å²) in [6.45, 7) is 0. The highest BCUT2D eigenvalue weighted by Crippen LogP contribution is 2.17. The fourth-order valence-electron chi connectivity index (χ4n) is 1.98. The third kappa shape index (κ3) is 6.76. The van der Waals surface area contributed by atoms with E-state index in [9.17, 15) is 14.4 Å². The number of nitrogens with two attached hydrogens (primary N) is 1. The van der Waals surface area contributed by atoms with Crippen LogP contribution in [0.3, 0.4) is 0 Å². The van der Waals surface area contributed by atoms with Crippen LogP contribution in [0.1, 0.15) is 32.1 Å². The van der Waals surface area contributed by atoms with Gasteiger partial charge in [-0.1, -0.05) is 19.3 Å². The molecule has 0 aliphatic heterocycles. The lowest BCUT2D eigenvalue weighted by atomic mass is 9.96. The highest BCUT2D eigenvalue weighted by molar-refractivity contribution is 8.00. The third-order valence-corrected chi connectivity index (χ3v) is 4.10. The van der Waals surface area contributed by atoms with Crippen molar-refractivity contribution >= 4 is 29.7 Å². The quantitative estimate of drug-likeness (QED) is 0.559. The summed E-state index contributed by atoms with van der Waals surface area (Å²) in [6.07, 6.45) is 5.29. The van der Waals surface area contributed by atoms with Crippen molar-refractivity contribution in [3.8, 4) is 0 Å². The minimum absolute atomic E-state index is 0.0130. The molecule has 1 aliphatic carbocycles. The molecule has 0 aromatic rings. The molecular formula is C12H21N3O4S. The molecule has 7 nitrogen and oxygen atoms in total. The zero-order valence-electron chi connectivity index (χ0n) is 11.3. The standard InChI is InChI=1S/C12H21N3O4S/c13-9(11(17)18)6-20-7-10(16)15-12(19)14-8-4-2-1-3-5-8/h8-9H,1-7,13H2,(H,17,18)(H2,14,15,16,19)/t9-/m1/s1. The van der Waals surface area contributed by atoms with Gasteiger partial charge in [-0.25, -0.2) is 4.79 Å². The van der Waals surface area contributed by atoms with Crippen molar-refractivity contribution in [2.24, 2.45) is 5.73 Å². The van der Waals surface area contributed by atoms with Gasteiger partial charge in [0, 0.05) is 11.8 Å². The van der Waals surface area contributed by atoms with Crippen LogP contribution in [0, 0.1) is 0 Å². The molecule has 0 spiro atoms. The van der Waals surface area contributed by atoms with Crippen LogP contribution < -0.4 is 16.4 Å². The fraction of sp³-hybridized carbons (Fsp3) is 0.750. The number of thioether (sulfide) groups is 1. The van der Waals surface area contributed by atoms with Crippen LogP contribution in [0.25, 0.3) is 0 Å². The molecule has 0 bridgehead atoms. The van der Waals surface area contributed by atoms with Gasteiger partial charge >= 0.3 is 12.0 Å². The number of imide groups is 1. The molecule has 1 saturated carbocycles. The van der Waals surface area contributed by atoms with Gasteiger partial charge in [-0.3, -0.25) is 14.9 Å². The van der Waals surface area contributed by atoms with Crippen molar-refractivity contribution < 1.29 is 19.5 Å². The Labute approximate surface area is 122 Å². The van der Waals surface area contributed by atoms with E-state index in [0.717, 1.165) is 37.4 Å². The lowest BCUT2D eigenvalue weighted by Gasteiger charge is -2.22. The van der Waals surface area contributed by atoms with Gasteiger partial charge < -0.3 is 16.2 Å². The maximum Gasteiger partial charge on any atom is 0.321 e. The highest BCUT2D eigenvalue weighted by atomic mass is 32.2. The summed E-state index contributed by atoms with van der Waals surface area (Å²) in [5.74, 6) is -1.40. The SMILES string of the molecule is N[C@H](CSCC(=O)NC(=O)NC1CCCCC1)C(=O)O. The number of hydrogen-bond donors (Lipinski definition) is 4. The summed E-state index contributed by atoms with van der Waals surface area (Å²) in [6, 6.07) is -1.33. The first-order valence-corrected chi connectivity index (χ1v) is 7.81. The average molecular weight is 303 g/mol. The molecule has 1 aliphatic rings. The number of aliphatic carboxylic acids is 1. The summed E-state index contributed by atoms with van der Waals surface area (Å²) in [5, 5.41) is 13.6. The van der Waals surface area contributed by atoms with Gasteiger partial charge in [-0.15, -0.1) is 11.8 Å². The Bertz CT molecular complexity index is 359. The van der Waals surface area contributed by atoms with Gasteiger partial charge in [0.25, 0.3) is 0 Å². The van der Waals surface area contributed by atoms with E-state index in [2.05, 4.69) is 10.6 Å². The second kappa shape index (κ2) is 8.80. The maximum absolute atomic E-state index is 11.6. The first kappa shape index (κ1) is 16.8. The van der Waals surface area contributed by atoms with Crippen LogP contribution in [0.5, 0.6) is 0 Å². The largest absolute Gasteiger partial charge is 0.480 e. The predicted octanol–water partition coefficient (Wildman–Crippen LogP) is 0.290. The van der Waals surface area contributed by atoms with E-state index in [1.807, 2.05) is 0 Å². The Morgan fingerprint density at radius 3 is 2.50 bits per heavy atom. The number of carboxylic acids is 1. The molecule has 1 rings (SSSR count). The molecule has 3 amide bonds. The molecule has 114 valence electrons. The van der Waals surface area contributed by atoms with E-state index in [0.29, 0.717) is 0 Å². The van der Waals surface area contributed by atoms with Crippen molar-refractivity contribution in [3.63, 3.8) is 0 Å². The smallest absolute Gasteiger partial charge is 0.321 e. The van der Waals surface area contributed by atoms with Crippen molar-refractivity contribution in [2.45, 2.75) is 44.2 Å². The minimum atomic E-state index is -1.10. The Morgan fingerprint density at radius 2 is 1.90 bits per heavy atom. The second-order valence-corrected chi connectivity index (χ2v) is 5.85. The lowest BCUT2D eigenvalue weighted by Crippen LogP contribution is -2.45. The summed E-state index contributed by atoms with van der Waals surface area (Å²) < 4.78 is 0. The van der Waals surface area contributed by atoms with Gasteiger partial charge in [-0.05, 0) is 12.8 Å². The molecule has 0 radical (unpaired) electrons. The number of urea groups is 1. The molecule has 5 N–H and O–H groups in total. The Morgan fingerprint density at radius 1 is 1.25 bits per heavy atom. The molecular weight excluding hydrogens is 282 g/mol. The second-order valence-electron chi connectivity index (χ2n) is 4.82. The van der Waals surface area contributed by atoms with E-state index < -0.39 is 23.9 Å². The van der Waals surface area contributed by atoms with Crippen LogP contribution in [0.4, 0.5) is 4.79 Å². The van der Waals surface area contributed by atoms with Crippen LogP contribution in [-0.4, -0.2) is 46.6 Å². The molecule has 8 heteroatoms. The van der Waals surface area contributed by atoms with Crippen molar-refractivity contribution in [2.75, 3.05) is 11.5 Å². The monoisotopic (exact) mass is 303 g/mol. The average Bonchev–Trinajstić information content (AvgIpc) is 2.39. The topological polar surface area (TPSA) is 122 Å². The van der Waals surface area contributed by atoms with E-state index in [-0.39, 0.29) is 17.5 Å². The number of nitrogens with one attached hydrogen (secondary N) is 2. The minimum Gasteiger partial charge on any atom is -0.480 e. The molecule has 0 unspecified atom stereocenters. The van der Waals surface area contributed by atoms with Crippen LogP contribution in [0.15, 0.2) is 0 Å². The Kier molecular flexibility index (Phi) is 7.38. The highest BCUT2D eigenvalue weighted by Gasteiger charge is 2.17. The van der Waals surface area contributed by atoms with Gasteiger partial charge in [0.2, 0.25) is 5.91 Å².